The zero-order chi connectivity index (χ0) is 9.97. The molecule has 2 aromatic heterocycles. The third-order valence-electron chi connectivity index (χ3n) is 1.71. The number of rotatable bonds is 3. The van der Waals surface area contributed by atoms with Crippen LogP contribution in [0, 0.1) is 0 Å². The Balaban J connectivity index is 1.94. The largest absolute Gasteiger partial charge is 0.367 e. The molecule has 74 valence electrons. The van der Waals surface area contributed by atoms with E-state index in [2.05, 4.69) is 15.2 Å². The van der Waals surface area contributed by atoms with Crippen LogP contribution in [-0.2, 0) is 13.1 Å². The number of aromatic nitrogens is 5. The maximum absolute atomic E-state index is 5.71. The van der Waals surface area contributed by atoms with Gasteiger partial charge in [-0.1, -0.05) is 11.6 Å². The van der Waals surface area contributed by atoms with Gasteiger partial charge in [0.2, 0.25) is 5.95 Å². The van der Waals surface area contributed by atoms with Gasteiger partial charge < -0.3 is 5.73 Å². The van der Waals surface area contributed by atoms with Gasteiger partial charge in [0.1, 0.15) is 6.33 Å². The second-order valence-corrected chi connectivity index (χ2v) is 3.22. The molecule has 0 amide bonds. The first kappa shape index (κ1) is 9.01. The molecule has 2 N–H and O–H groups in total. The minimum absolute atomic E-state index is 0.281. The standard InChI is InChI=1S/C7H9ClN6/c8-6-3-11-13(4-6)1-2-14-5-10-7(9)12-14/h3-5H,1-2H2,(H2,9,12). The highest BCUT2D eigenvalue weighted by Crippen LogP contribution is 2.04. The van der Waals surface area contributed by atoms with Gasteiger partial charge in [0.15, 0.2) is 0 Å². The van der Waals surface area contributed by atoms with E-state index in [4.69, 9.17) is 17.3 Å². The molecule has 0 spiro atoms. The molecule has 0 aliphatic rings. The third kappa shape index (κ3) is 2.02. The molecule has 2 heterocycles. The molecule has 0 radical (unpaired) electrons. The molecule has 6 nitrogen and oxygen atoms in total. The molecule has 0 saturated carbocycles. The van der Waals surface area contributed by atoms with Crippen molar-refractivity contribution < 1.29 is 0 Å². The molecule has 0 unspecified atom stereocenters. The highest BCUT2D eigenvalue weighted by Gasteiger charge is 1.98. The van der Waals surface area contributed by atoms with Crippen LogP contribution in [0.25, 0.3) is 0 Å². The molecule has 0 aliphatic carbocycles. The van der Waals surface area contributed by atoms with Gasteiger partial charge in [0.05, 0.1) is 24.3 Å². The van der Waals surface area contributed by atoms with Crippen molar-refractivity contribution in [2.75, 3.05) is 5.73 Å². The number of nitrogen functional groups attached to an aromatic ring is 1. The molecule has 0 fully saturated rings. The van der Waals surface area contributed by atoms with Crippen LogP contribution in [0.1, 0.15) is 0 Å². The predicted molar refractivity (Wildman–Crippen MR) is 51.7 cm³/mol. The molecule has 0 aromatic carbocycles. The number of hydrogen-bond acceptors (Lipinski definition) is 4. The third-order valence-corrected chi connectivity index (χ3v) is 1.91. The Labute approximate surface area is 85.3 Å². The minimum Gasteiger partial charge on any atom is -0.367 e. The summed E-state index contributed by atoms with van der Waals surface area (Å²) in [6.07, 6.45) is 4.93. The van der Waals surface area contributed by atoms with Gasteiger partial charge in [-0.25, -0.2) is 9.67 Å². The van der Waals surface area contributed by atoms with Crippen molar-refractivity contribution in [1.29, 1.82) is 0 Å². The normalized spacial score (nSPS) is 10.6. The molecule has 14 heavy (non-hydrogen) atoms. The van der Waals surface area contributed by atoms with Crippen LogP contribution in [0.4, 0.5) is 5.95 Å². The van der Waals surface area contributed by atoms with Crippen molar-refractivity contribution in [2.45, 2.75) is 13.1 Å². The summed E-state index contributed by atoms with van der Waals surface area (Å²) in [5.74, 6) is 0.281. The van der Waals surface area contributed by atoms with E-state index in [1.54, 1.807) is 28.1 Å². The van der Waals surface area contributed by atoms with Crippen molar-refractivity contribution in [3.63, 3.8) is 0 Å². The lowest BCUT2D eigenvalue weighted by Gasteiger charge is -2.00. The lowest BCUT2D eigenvalue weighted by molar-refractivity contribution is 0.500. The minimum atomic E-state index is 0.281. The van der Waals surface area contributed by atoms with Crippen LogP contribution in [-0.4, -0.2) is 24.5 Å². The maximum atomic E-state index is 5.71. The Kier molecular flexibility index (Phi) is 2.36. The van der Waals surface area contributed by atoms with Gasteiger partial charge in [-0.3, -0.25) is 4.68 Å². The fourth-order valence-corrected chi connectivity index (χ4v) is 1.24. The first-order valence-electron chi connectivity index (χ1n) is 4.07. The average Bonchev–Trinajstić information content (AvgIpc) is 2.72. The maximum Gasteiger partial charge on any atom is 0.239 e. The van der Waals surface area contributed by atoms with Crippen LogP contribution in [0.2, 0.25) is 5.02 Å². The Hall–Kier alpha value is -1.56. The van der Waals surface area contributed by atoms with Gasteiger partial charge in [0, 0.05) is 6.20 Å². The molecule has 0 bridgehead atoms. The lowest BCUT2D eigenvalue weighted by atomic mass is 10.6. The molecule has 0 saturated heterocycles. The van der Waals surface area contributed by atoms with Gasteiger partial charge in [-0.05, 0) is 0 Å². The fraction of sp³-hybridized carbons (Fsp3) is 0.286. The van der Waals surface area contributed by atoms with E-state index < -0.39 is 0 Å². The number of anilines is 1. The van der Waals surface area contributed by atoms with Gasteiger partial charge in [0.25, 0.3) is 0 Å². The van der Waals surface area contributed by atoms with Crippen molar-refractivity contribution in [1.82, 2.24) is 24.5 Å². The van der Waals surface area contributed by atoms with Crippen molar-refractivity contribution in [3.05, 3.63) is 23.7 Å². The zero-order valence-electron chi connectivity index (χ0n) is 7.34. The molecule has 2 aromatic rings. The van der Waals surface area contributed by atoms with Gasteiger partial charge in [-0.2, -0.15) is 5.10 Å². The summed E-state index contributed by atoms with van der Waals surface area (Å²) in [6.45, 7) is 1.36. The van der Waals surface area contributed by atoms with E-state index >= 15 is 0 Å². The summed E-state index contributed by atoms with van der Waals surface area (Å²) >= 11 is 5.71. The number of nitrogens with zero attached hydrogens (tertiary/aromatic N) is 5. The fourth-order valence-electron chi connectivity index (χ4n) is 1.08. The summed E-state index contributed by atoms with van der Waals surface area (Å²) in [6, 6.07) is 0. The Morgan fingerprint density at radius 1 is 1.36 bits per heavy atom. The zero-order valence-corrected chi connectivity index (χ0v) is 8.09. The van der Waals surface area contributed by atoms with Crippen LogP contribution >= 0.6 is 11.6 Å². The SMILES string of the molecule is Nc1ncn(CCn2cc(Cl)cn2)n1. The molecule has 0 atom stereocenters. The lowest BCUT2D eigenvalue weighted by Crippen LogP contribution is -2.08. The average molecular weight is 213 g/mol. The molecule has 2 rings (SSSR count). The van der Waals surface area contributed by atoms with E-state index in [1.807, 2.05) is 0 Å². The van der Waals surface area contributed by atoms with Crippen LogP contribution < -0.4 is 5.73 Å². The van der Waals surface area contributed by atoms with Crippen molar-refractivity contribution in [3.8, 4) is 0 Å². The smallest absolute Gasteiger partial charge is 0.239 e. The molecular formula is C7H9ClN6. The topological polar surface area (TPSA) is 74.5 Å². The van der Waals surface area contributed by atoms with Crippen LogP contribution in [0.15, 0.2) is 18.7 Å². The predicted octanol–water partition coefficient (Wildman–Crippen LogP) is 0.410. The van der Waals surface area contributed by atoms with Crippen LogP contribution in [0.3, 0.4) is 0 Å². The summed E-state index contributed by atoms with van der Waals surface area (Å²) in [4.78, 5) is 3.81. The second kappa shape index (κ2) is 3.67. The van der Waals surface area contributed by atoms with Gasteiger partial charge in [-0.15, -0.1) is 5.10 Å². The molecular weight excluding hydrogens is 204 g/mol. The Bertz CT molecular complexity index is 379. The summed E-state index contributed by atoms with van der Waals surface area (Å²) < 4.78 is 3.39. The number of hydrogen-bond donors (Lipinski definition) is 1. The van der Waals surface area contributed by atoms with E-state index in [9.17, 15) is 0 Å². The van der Waals surface area contributed by atoms with E-state index in [1.165, 1.54) is 0 Å². The molecule has 7 heteroatoms. The van der Waals surface area contributed by atoms with Crippen molar-refractivity contribution in [2.24, 2.45) is 0 Å². The Morgan fingerprint density at radius 3 is 2.71 bits per heavy atom. The highest BCUT2D eigenvalue weighted by atomic mass is 35.5. The van der Waals surface area contributed by atoms with E-state index in [-0.39, 0.29) is 5.95 Å². The van der Waals surface area contributed by atoms with Gasteiger partial charge >= 0.3 is 0 Å². The summed E-state index contributed by atoms with van der Waals surface area (Å²) in [5.41, 5.74) is 5.37. The van der Waals surface area contributed by atoms with Crippen molar-refractivity contribution >= 4 is 17.5 Å². The van der Waals surface area contributed by atoms with E-state index in [0.717, 1.165) is 0 Å². The van der Waals surface area contributed by atoms with E-state index in [0.29, 0.717) is 18.1 Å². The quantitative estimate of drug-likeness (QED) is 0.800. The first-order valence-corrected chi connectivity index (χ1v) is 4.45. The second-order valence-electron chi connectivity index (χ2n) is 2.79. The Morgan fingerprint density at radius 2 is 2.14 bits per heavy atom. The first-order chi connectivity index (χ1) is 6.74. The summed E-state index contributed by atoms with van der Waals surface area (Å²) in [7, 11) is 0. The number of aryl methyl sites for hydroxylation is 2. The monoisotopic (exact) mass is 212 g/mol. The highest BCUT2D eigenvalue weighted by molar-refractivity contribution is 6.30. The number of halogens is 1. The number of nitrogens with two attached hydrogens (primary N) is 1. The summed E-state index contributed by atoms with van der Waals surface area (Å²) in [5, 5.41) is 8.60. The van der Waals surface area contributed by atoms with Crippen LogP contribution in [0.5, 0.6) is 0 Å². The molecule has 0 aliphatic heterocycles.